The van der Waals surface area contributed by atoms with E-state index in [9.17, 15) is 18.0 Å². The molecule has 2 aromatic heterocycles. The van der Waals surface area contributed by atoms with Crippen molar-refractivity contribution in [3.8, 4) is 0 Å². The number of hydrogen-bond donors (Lipinski definition) is 0. The van der Waals surface area contributed by atoms with E-state index in [-0.39, 0.29) is 25.2 Å². The second kappa shape index (κ2) is 5.31. The van der Waals surface area contributed by atoms with Gasteiger partial charge in [0, 0.05) is 39.0 Å². The second-order valence-corrected chi connectivity index (χ2v) is 5.86. The lowest BCUT2D eigenvalue weighted by atomic mass is 9.93. The summed E-state index contributed by atoms with van der Waals surface area (Å²) >= 11 is 0. The van der Waals surface area contributed by atoms with Crippen LogP contribution in [0.15, 0.2) is 29.2 Å². The monoisotopic (exact) mass is 327 g/mol. The van der Waals surface area contributed by atoms with E-state index in [0.717, 1.165) is 12.7 Å². The van der Waals surface area contributed by atoms with Gasteiger partial charge in [-0.05, 0) is 18.6 Å². The van der Waals surface area contributed by atoms with Crippen LogP contribution in [0.25, 0.3) is 5.65 Å². The molecule has 0 spiro atoms. The standard InChI is InChI=1S/C15H16F3N3O2/c1-10-3-4-12-19-11(5-13(22)21(12)6-10)7-20-8-14(9-20,23-2)15(16,17)18/h3-6H,7-9H2,1-2H3. The number of halogens is 3. The normalized spacial score (nSPS) is 18.1. The first-order chi connectivity index (χ1) is 10.7. The molecule has 0 aliphatic carbocycles. The molecule has 124 valence electrons. The van der Waals surface area contributed by atoms with Gasteiger partial charge in [0.1, 0.15) is 5.65 Å². The van der Waals surface area contributed by atoms with E-state index in [4.69, 9.17) is 0 Å². The number of hydrogen-bond acceptors (Lipinski definition) is 4. The fraction of sp³-hybridized carbons (Fsp3) is 0.467. The second-order valence-electron chi connectivity index (χ2n) is 5.86. The van der Waals surface area contributed by atoms with Crippen LogP contribution in [-0.4, -0.2) is 46.3 Å². The highest BCUT2D eigenvalue weighted by atomic mass is 19.4. The van der Waals surface area contributed by atoms with E-state index in [1.165, 1.54) is 10.5 Å². The Morgan fingerprint density at radius 1 is 1.35 bits per heavy atom. The summed E-state index contributed by atoms with van der Waals surface area (Å²) in [6, 6.07) is 4.90. The molecule has 0 unspecified atom stereocenters. The molecule has 0 bridgehead atoms. The quantitative estimate of drug-likeness (QED) is 0.862. The molecule has 0 N–H and O–H groups in total. The van der Waals surface area contributed by atoms with Crippen molar-refractivity contribution in [2.24, 2.45) is 0 Å². The van der Waals surface area contributed by atoms with Gasteiger partial charge in [-0.15, -0.1) is 0 Å². The Kier molecular flexibility index (Phi) is 3.68. The molecule has 1 saturated heterocycles. The van der Waals surface area contributed by atoms with Crippen molar-refractivity contribution in [3.63, 3.8) is 0 Å². The average Bonchev–Trinajstić information content (AvgIpc) is 2.42. The third-order valence-electron chi connectivity index (χ3n) is 4.11. The number of alkyl halides is 3. The Balaban J connectivity index is 1.79. The minimum Gasteiger partial charge on any atom is -0.366 e. The van der Waals surface area contributed by atoms with Gasteiger partial charge < -0.3 is 4.74 Å². The van der Waals surface area contributed by atoms with Crippen molar-refractivity contribution in [1.82, 2.24) is 14.3 Å². The number of aromatic nitrogens is 2. The molecule has 0 radical (unpaired) electrons. The molecule has 1 aliphatic rings. The van der Waals surface area contributed by atoms with Gasteiger partial charge in [0.2, 0.25) is 0 Å². The van der Waals surface area contributed by atoms with Gasteiger partial charge in [-0.2, -0.15) is 13.2 Å². The van der Waals surface area contributed by atoms with Crippen molar-refractivity contribution in [3.05, 3.63) is 46.0 Å². The van der Waals surface area contributed by atoms with Gasteiger partial charge in [-0.3, -0.25) is 14.1 Å². The van der Waals surface area contributed by atoms with Crippen LogP contribution in [0.2, 0.25) is 0 Å². The van der Waals surface area contributed by atoms with E-state index in [0.29, 0.717) is 11.3 Å². The Labute approximate surface area is 130 Å². The lowest BCUT2D eigenvalue weighted by molar-refractivity contribution is -0.312. The molecular formula is C15H16F3N3O2. The summed E-state index contributed by atoms with van der Waals surface area (Å²) in [5.41, 5.74) is -0.510. The van der Waals surface area contributed by atoms with Crippen LogP contribution in [-0.2, 0) is 11.3 Å². The maximum absolute atomic E-state index is 13.0. The smallest absolute Gasteiger partial charge is 0.366 e. The Morgan fingerprint density at radius 3 is 2.65 bits per heavy atom. The van der Waals surface area contributed by atoms with E-state index in [2.05, 4.69) is 9.72 Å². The topological polar surface area (TPSA) is 46.8 Å². The van der Waals surface area contributed by atoms with Crippen LogP contribution < -0.4 is 5.56 Å². The van der Waals surface area contributed by atoms with E-state index in [1.807, 2.05) is 13.0 Å². The molecule has 1 aliphatic heterocycles. The van der Waals surface area contributed by atoms with E-state index in [1.54, 1.807) is 17.2 Å². The molecule has 3 heterocycles. The van der Waals surface area contributed by atoms with Crippen LogP contribution in [0.4, 0.5) is 13.2 Å². The molecule has 1 fully saturated rings. The highest BCUT2D eigenvalue weighted by Gasteiger charge is 2.62. The third kappa shape index (κ3) is 2.72. The minimum atomic E-state index is -4.41. The molecule has 0 saturated carbocycles. The van der Waals surface area contributed by atoms with E-state index >= 15 is 0 Å². The SMILES string of the molecule is COC1(C(F)(F)F)CN(Cc2cc(=O)n3cc(C)ccc3n2)C1. The summed E-state index contributed by atoms with van der Waals surface area (Å²) in [7, 11) is 1.06. The minimum absolute atomic E-state index is 0.181. The summed E-state index contributed by atoms with van der Waals surface area (Å²) in [6.45, 7) is 1.52. The first kappa shape index (κ1) is 15.9. The van der Waals surface area contributed by atoms with Crippen LogP contribution in [0, 0.1) is 6.92 Å². The maximum Gasteiger partial charge on any atom is 0.419 e. The number of likely N-dealkylation sites (tertiary alicyclic amines) is 1. The van der Waals surface area contributed by atoms with Gasteiger partial charge >= 0.3 is 6.18 Å². The molecule has 0 atom stereocenters. The Morgan fingerprint density at radius 2 is 2.04 bits per heavy atom. The number of ether oxygens (including phenoxy) is 1. The molecule has 3 rings (SSSR count). The largest absolute Gasteiger partial charge is 0.419 e. The highest BCUT2D eigenvalue weighted by Crippen LogP contribution is 2.40. The zero-order chi connectivity index (χ0) is 16.8. The van der Waals surface area contributed by atoms with Crippen LogP contribution in [0.5, 0.6) is 0 Å². The highest BCUT2D eigenvalue weighted by molar-refractivity contribution is 5.40. The molecule has 0 amide bonds. The predicted molar refractivity (Wildman–Crippen MR) is 77.3 cm³/mol. The lowest BCUT2D eigenvalue weighted by Gasteiger charge is -2.49. The predicted octanol–water partition coefficient (Wildman–Crippen LogP) is 1.77. The first-order valence-corrected chi connectivity index (χ1v) is 7.07. The van der Waals surface area contributed by atoms with Crippen molar-refractivity contribution in [1.29, 1.82) is 0 Å². The zero-order valence-corrected chi connectivity index (χ0v) is 12.7. The van der Waals surface area contributed by atoms with Crippen molar-refractivity contribution >= 4 is 5.65 Å². The third-order valence-corrected chi connectivity index (χ3v) is 4.11. The molecule has 0 aromatic carbocycles. The molecule has 5 nitrogen and oxygen atoms in total. The summed E-state index contributed by atoms with van der Waals surface area (Å²) in [4.78, 5) is 18.0. The number of pyridine rings is 1. The van der Waals surface area contributed by atoms with Crippen molar-refractivity contribution in [2.75, 3.05) is 20.2 Å². The summed E-state index contributed by atoms with van der Waals surface area (Å²) in [5, 5.41) is 0. The number of nitrogens with zero attached hydrogens (tertiary/aromatic N) is 3. The van der Waals surface area contributed by atoms with Crippen LogP contribution in [0.1, 0.15) is 11.3 Å². The fourth-order valence-electron chi connectivity index (χ4n) is 2.78. The number of fused-ring (bicyclic) bond motifs is 1. The van der Waals surface area contributed by atoms with Crippen molar-refractivity contribution in [2.45, 2.75) is 25.2 Å². The van der Waals surface area contributed by atoms with Crippen LogP contribution in [0.3, 0.4) is 0 Å². The summed E-state index contributed by atoms with van der Waals surface area (Å²) in [6.07, 6.45) is -2.73. The van der Waals surface area contributed by atoms with E-state index < -0.39 is 11.8 Å². The summed E-state index contributed by atoms with van der Waals surface area (Å²) < 4.78 is 45.0. The van der Waals surface area contributed by atoms with Gasteiger partial charge in [0.05, 0.1) is 5.69 Å². The number of aryl methyl sites for hydroxylation is 1. The summed E-state index contributed by atoms with van der Waals surface area (Å²) in [5.74, 6) is 0. The van der Waals surface area contributed by atoms with Gasteiger partial charge in [-0.1, -0.05) is 6.07 Å². The molecule has 23 heavy (non-hydrogen) atoms. The maximum atomic E-state index is 13.0. The lowest BCUT2D eigenvalue weighted by Crippen LogP contribution is -2.69. The fourth-order valence-corrected chi connectivity index (χ4v) is 2.78. The van der Waals surface area contributed by atoms with Gasteiger partial charge in [0.15, 0.2) is 5.60 Å². The van der Waals surface area contributed by atoms with Gasteiger partial charge in [-0.25, -0.2) is 4.98 Å². The average molecular weight is 327 g/mol. The first-order valence-electron chi connectivity index (χ1n) is 7.07. The Hall–Kier alpha value is -1.93. The molecule has 8 heteroatoms. The molecular weight excluding hydrogens is 311 g/mol. The zero-order valence-electron chi connectivity index (χ0n) is 12.7. The Bertz CT molecular complexity index is 795. The van der Waals surface area contributed by atoms with Crippen LogP contribution >= 0.6 is 0 Å². The van der Waals surface area contributed by atoms with Gasteiger partial charge in [0.25, 0.3) is 5.56 Å². The van der Waals surface area contributed by atoms with Crippen molar-refractivity contribution < 1.29 is 17.9 Å². The number of rotatable bonds is 3. The molecule has 2 aromatic rings. The number of methoxy groups -OCH3 is 1.